The second-order valence-electron chi connectivity index (χ2n) is 7.88. The number of sulfone groups is 1. The van der Waals surface area contributed by atoms with E-state index in [1.54, 1.807) is 0 Å². The van der Waals surface area contributed by atoms with Gasteiger partial charge in [0, 0.05) is 18.1 Å². The molecular formula is C23H19ClF3NO4S2. The van der Waals surface area contributed by atoms with Crippen LogP contribution in [0.15, 0.2) is 82.6 Å². The molecule has 1 fully saturated rings. The highest BCUT2D eigenvalue weighted by Crippen LogP contribution is 2.33. The Balaban J connectivity index is 1.54. The zero-order chi connectivity index (χ0) is 24.7. The summed E-state index contributed by atoms with van der Waals surface area (Å²) in [5.41, 5.74) is -0.0737. The Bertz CT molecular complexity index is 1410. The molecule has 0 saturated carbocycles. The average molecular weight is 530 g/mol. The highest BCUT2D eigenvalue weighted by Gasteiger charge is 2.39. The van der Waals surface area contributed by atoms with Gasteiger partial charge in [0.05, 0.1) is 20.6 Å². The smallest absolute Gasteiger partial charge is 0.223 e. The molecule has 0 radical (unpaired) electrons. The first-order valence-electron chi connectivity index (χ1n) is 10.2. The molecule has 3 aromatic carbocycles. The van der Waals surface area contributed by atoms with Crippen molar-refractivity contribution in [2.75, 3.05) is 13.1 Å². The van der Waals surface area contributed by atoms with E-state index in [2.05, 4.69) is 0 Å². The van der Waals surface area contributed by atoms with Crippen LogP contribution in [0.25, 0.3) is 11.1 Å². The number of alkyl halides is 3. The number of nitrogens with zero attached hydrogens (tertiary/aromatic N) is 1. The van der Waals surface area contributed by atoms with Crippen LogP contribution >= 0.6 is 11.6 Å². The Morgan fingerprint density at radius 1 is 0.824 bits per heavy atom. The minimum Gasteiger partial charge on any atom is -0.223 e. The van der Waals surface area contributed by atoms with Crippen LogP contribution in [0.1, 0.15) is 12.0 Å². The molecule has 0 aromatic heterocycles. The highest BCUT2D eigenvalue weighted by molar-refractivity contribution is 7.92. The Morgan fingerprint density at radius 2 is 1.44 bits per heavy atom. The Morgan fingerprint density at radius 3 is 2.06 bits per heavy atom. The van der Waals surface area contributed by atoms with Crippen molar-refractivity contribution in [3.63, 3.8) is 0 Å². The summed E-state index contributed by atoms with van der Waals surface area (Å²) >= 11 is 5.82. The Labute approximate surface area is 200 Å². The summed E-state index contributed by atoms with van der Waals surface area (Å²) < 4.78 is 92.1. The van der Waals surface area contributed by atoms with Gasteiger partial charge in [0.1, 0.15) is 0 Å². The van der Waals surface area contributed by atoms with E-state index in [1.807, 2.05) is 0 Å². The van der Waals surface area contributed by atoms with Gasteiger partial charge in [-0.2, -0.15) is 17.5 Å². The molecule has 5 nitrogen and oxygen atoms in total. The van der Waals surface area contributed by atoms with Crippen molar-refractivity contribution in [2.45, 2.75) is 27.6 Å². The maximum absolute atomic E-state index is 13.1. The van der Waals surface area contributed by atoms with Gasteiger partial charge in [-0.05, 0) is 66.1 Å². The van der Waals surface area contributed by atoms with E-state index in [1.165, 1.54) is 60.7 Å². The van der Waals surface area contributed by atoms with Gasteiger partial charge in [-0.3, -0.25) is 0 Å². The lowest BCUT2D eigenvalue weighted by atomic mass is 10.0. The summed E-state index contributed by atoms with van der Waals surface area (Å²) in [7, 11) is -7.73. The number of sulfonamides is 1. The van der Waals surface area contributed by atoms with Crippen LogP contribution in [-0.2, 0) is 26.0 Å². The van der Waals surface area contributed by atoms with E-state index >= 15 is 0 Å². The van der Waals surface area contributed by atoms with Crippen molar-refractivity contribution >= 4 is 31.5 Å². The predicted molar refractivity (Wildman–Crippen MR) is 123 cm³/mol. The SMILES string of the molecule is O=S(=O)(c1ccc(Cl)cc1)C1CCN(S(=O)(=O)c2ccc(-c3cccc(C(F)(F)F)c3)cc2)C1. The van der Waals surface area contributed by atoms with E-state index in [-0.39, 0.29) is 29.3 Å². The van der Waals surface area contributed by atoms with Crippen molar-refractivity contribution in [3.05, 3.63) is 83.4 Å². The summed E-state index contributed by atoms with van der Waals surface area (Å²) in [6.45, 7) is -0.155. The highest BCUT2D eigenvalue weighted by atomic mass is 35.5. The fourth-order valence-electron chi connectivity index (χ4n) is 3.83. The molecule has 1 unspecified atom stereocenters. The summed E-state index contributed by atoms with van der Waals surface area (Å²) in [4.78, 5) is 0.0133. The van der Waals surface area contributed by atoms with Crippen LogP contribution in [-0.4, -0.2) is 39.5 Å². The zero-order valence-corrected chi connectivity index (χ0v) is 19.9. The quantitative estimate of drug-likeness (QED) is 0.452. The van der Waals surface area contributed by atoms with Gasteiger partial charge in [-0.1, -0.05) is 35.9 Å². The van der Waals surface area contributed by atoms with Crippen LogP contribution in [0.3, 0.4) is 0 Å². The first kappa shape index (κ1) is 24.7. The van der Waals surface area contributed by atoms with Gasteiger partial charge < -0.3 is 0 Å². The average Bonchev–Trinajstić information content (AvgIpc) is 3.31. The largest absolute Gasteiger partial charge is 0.416 e. The molecule has 180 valence electrons. The molecule has 1 atom stereocenters. The molecule has 1 aliphatic rings. The van der Waals surface area contributed by atoms with E-state index in [0.717, 1.165) is 16.4 Å². The molecule has 0 amide bonds. The van der Waals surface area contributed by atoms with Gasteiger partial charge in [-0.15, -0.1) is 0 Å². The molecule has 0 N–H and O–H groups in total. The first-order valence-corrected chi connectivity index (χ1v) is 13.5. The molecule has 1 heterocycles. The van der Waals surface area contributed by atoms with Crippen molar-refractivity contribution < 1.29 is 30.0 Å². The minimum absolute atomic E-state index is 0.0369. The van der Waals surface area contributed by atoms with Crippen LogP contribution in [0.4, 0.5) is 13.2 Å². The van der Waals surface area contributed by atoms with Crippen LogP contribution in [0.5, 0.6) is 0 Å². The summed E-state index contributed by atoms with van der Waals surface area (Å²) in [5, 5.41) is -0.504. The van der Waals surface area contributed by atoms with Gasteiger partial charge in [0.2, 0.25) is 10.0 Å². The fourth-order valence-corrected chi connectivity index (χ4v) is 7.24. The number of hydrogen-bond acceptors (Lipinski definition) is 4. The summed E-state index contributed by atoms with van der Waals surface area (Å²) in [6, 6.07) is 15.9. The topological polar surface area (TPSA) is 71.5 Å². The van der Waals surface area contributed by atoms with E-state index in [0.29, 0.717) is 16.1 Å². The number of rotatable bonds is 5. The second-order valence-corrected chi connectivity index (χ2v) is 12.5. The van der Waals surface area contributed by atoms with Crippen LogP contribution in [0.2, 0.25) is 5.02 Å². The van der Waals surface area contributed by atoms with Crippen LogP contribution in [0, 0.1) is 0 Å². The second kappa shape index (κ2) is 8.99. The molecule has 11 heteroatoms. The van der Waals surface area contributed by atoms with Gasteiger partial charge >= 0.3 is 6.18 Å². The molecular weight excluding hydrogens is 511 g/mol. The molecule has 0 aliphatic carbocycles. The van der Waals surface area contributed by atoms with Crippen molar-refractivity contribution in [1.29, 1.82) is 0 Å². The number of benzene rings is 3. The normalized spacial score (nSPS) is 17.7. The first-order chi connectivity index (χ1) is 15.9. The molecule has 1 aliphatic heterocycles. The third-order valence-corrected chi connectivity index (χ3v) is 10.0. The number of hydrogen-bond donors (Lipinski definition) is 0. The fraction of sp³-hybridized carbons (Fsp3) is 0.217. The lowest BCUT2D eigenvalue weighted by molar-refractivity contribution is -0.137. The van der Waals surface area contributed by atoms with Crippen molar-refractivity contribution in [3.8, 4) is 11.1 Å². The van der Waals surface area contributed by atoms with Gasteiger partial charge in [0.15, 0.2) is 9.84 Å². The minimum atomic E-state index is -4.49. The molecule has 0 spiro atoms. The van der Waals surface area contributed by atoms with Crippen molar-refractivity contribution in [1.82, 2.24) is 4.31 Å². The van der Waals surface area contributed by atoms with E-state index in [4.69, 9.17) is 11.6 Å². The molecule has 34 heavy (non-hydrogen) atoms. The monoisotopic (exact) mass is 529 g/mol. The molecule has 1 saturated heterocycles. The maximum atomic E-state index is 13.1. The molecule has 0 bridgehead atoms. The lowest BCUT2D eigenvalue weighted by Gasteiger charge is -2.17. The lowest BCUT2D eigenvalue weighted by Crippen LogP contribution is -2.32. The standard InChI is InChI=1S/C23H19ClF3NO4S2/c24-19-6-10-20(11-7-19)33(29,30)22-12-13-28(15-22)34(31,32)21-8-4-16(5-9-21)17-2-1-3-18(14-17)23(25,26)27/h1-11,14,22H,12-13,15H2. The number of halogens is 4. The van der Waals surface area contributed by atoms with Gasteiger partial charge in [0.25, 0.3) is 0 Å². The Hall–Kier alpha value is -2.40. The summed E-state index contributed by atoms with van der Waals surface area (Å²) in [6.07, 6.45) is -4.34. The Kier molecular flexibility index (Phi) is 6.54. The van der Waals surface area contributed by atoms with E-state index < -0.39 is 36.9 Å². The third-order valence-electron chi connectivity index (χ3n) is 5.70. The zero-order valence-electron chi connectivity index (χ0n) is 17.5. The maximum Gasteiger partial charge on any atom is 0.416 e. The van der Waals surface area contributed by atoms with E-state index in [9.17, 15) is 30.0 Å². The summed E-state index contributed by atoms with van der Waals surface area (Å²) in [5.74, 6) is 0. The van der Waals surface area contributed by atoms with Gasteiger partial charge in [-0.25, -0.2) is 16.8 Å². The molecule has 3 aromatic rings. The van der Waals surface area contributed by atoms with Crippen LogP contribution < -0.4 is 0 Å². The molecule has 4 rings (SSSR count). The third kappa shape index (κ3) is 4.86. The van der Waals surface area contributed by atoms with Crippen molar-refractivity contribution in [2.24, 2.45) is 0 Å². The predicted octanol–water partition coefficient (Wildman–Crippen LogP) is 5.26.